The van der Waals surface area contributed by atoms with E-state index in [0.29, 0.717) is 12.0 Å². The van der Waals surface area contributed by atoms with Crippen molar-refractivity contribution in [2.24, 2.45) is 0 Å². The van der Waals surface area contributed by atoms with Crippen LogP contribution in [0, 0.1) is 0 Å². The van der Waals surface area contributed by atoms with Crippen LogP contribution >= 0.6 is 24.8 Å². The minimum absolute atomic E-state index is 0. The van der Waals surface area contributed by atoms with Gasteiger partial charge in [-0.3, -0.25) is 4.90 Å². The Morgan fingerprint density at radius 1 is 0.895 bits per heavy atom. The highest BCUT2D eigenvalue weighted by molar-refractivity contribution is 5.85. The number of rotatable bonds is 3. The van der Waals surface area contributed by atoms with E-state index in [4.69, 9.17) is 0 Å². The molecule has 4 heteroatoms. The number of hydrogen-bond acceptors (Lipinski definition) is 2. The number of hydrogen-bond donors (Lipinski definition) is 1. The third kappa shape index (κ3) is 4.96. The standard InChI is InChI=1S/C15H24N2.2ClH/c1-12(2)14-4-6-15(7-5-14)13(3)17-10-8-16-9-11-17;;/h4-7,12-13,16H,8-11H2,1-3H3;2*1H/t13-;;/m0../s1. The van der Waals surface area contributed by atoms with E-state index in [-0.39, 0.29) is 24.8 Å². The molecule has 0 bridgehead atoms. The molecule has 0 unspecified atom stereocenters. The average Bonchev–Trinajstić information content (AvgIpc) is 2.39. The van der Waals surface area contributed by atoms with Crippen molar-refractivity contribution in [3.63, 3.8) is 0 Å². The zero-order valence-electron chi connectivity index (χ0n) is 12.1. The Bertz CT molecular complexity index is 346. The van der Waals surface area contributed by atoms with Crippen LogP contribution in [0.2, 0.25) is 0 Å². The van der Waals surface area contributed by atoms with Crippen molar-refractivity contribution in [1.82, 2.24) is 10.2 Å². The second kappa shape index (κ2) is 8.80. The van der Waals surface area contributed by atoms with Crippen molar-refractivity contribution in [3.8, 4) is 0 Å². The molecule has 1 heterocycles. The van der Waals surface area contributed by atoms with Gasteiger partial charge in [0.05, 0.1) is 0 Å². The largest absolute Gasteiger partial charge is 0.314 e. The van der Waals surface area contributed by atoms with E-state index in [0.717, 1.165) is 26.2 Å². The molecule has 0 amide bonds. The van der Waals surface area contributed by atoms with Crippen LogP contribution in [-0.2, 0) is 0 Å². The van der Waals surface area contributed by atoms with Crippen LogP contribution in [0.1, 0.15) is 43.9 Å². The van der Waals surface area contributed by atoms with Crippen molar-refractivity contribution in [2.75, 3.05) is 26.2 Å². The predicted octanol–water partition coefficient (Wildman–Crippen LogP) is 3.62. The molecule has 0 spiro atoms. The molecule has 1 aromatic rings. The van der Waals surface area contributed by atoms with E-state index in [2.05, 4.69) is 55.3 Å². The van der Waals surface area contributed by atoms with Crippen LogP contribution in [0.3, 0.4) is 0 Å². The molecule has 19 heavy (non-hydrogen) atoms. The van der Waals surface area contributed by atoms with Crippen molar-refractivity contribution in [1.29, 1.82) is 0 Å². The summed E-state index contributed by atoms with van der Waals surface area (Å²) in [6, 6.07) is 9.68. The first kappa shape index (κ1) is 18.7. The molecule has 0 radical (unpaired) electrons. The molecule has 0 saturated carbocycles. The highest BCUT2D eigenvalue weighted by Gasteiger charge is 2.17. The van der Waals surface area contributed by atoms with E-state index in [1.807, 2.05) is 0 Å². The Morgan fingerprint density at radius 3 is 1.84 bits per heavy atom. The molecule has 1 N–H and O–H groups in total. The fraction of sp³-hybridized carbons (Fsp3) is 0.600. The van der Waals surface area contributed by atoms with Crippen LogP contribution in [0.5, 0.6) is 0 Å². The Hall–Kier alpha value is -0.280. The Morgan fingerprint density at radius 2 is 1.37 bits per heavy atom. The summed E-state index contributed by atoms with van der Waals surface area (Å²) in [6.07, 6.45) is 0. The zero-order chi connectivity index (χ0) is 12.3. The van der Waals surface area contributed by atoms with Crippen molar-refractivity contribution in [2.45, 2.75) is 32.7 Å². The molecule has 2 nitrogen and oxygen atoms in total. The number of piperazine rings is 1. The van der Waals surface area contributed by atoms with Gasteiger partial charge in [-0.1, -0.05) is 38.1 Å². The van der Waals surface area contributed by atoms with Gasteiger partial charge in [-0.15, -0.1) is 24.8 Å². The molecule has 1 aromatic carbocycles. The molecule has 1 atom stereocenters. The molecule has 0 aromatic heterocycles. The summed E-state index contributed by atoms with van der Waals surface area (Å²) < 4.78 is 0. The topological polar surface area (TPSA) is 15.3 Å². The number of benzene rings is 1. The van der Waals surface area contributed by atoms with E-state index in [1.54, 1.807) is 0 Å². The normalized spacial score (nSPS) is 17.5. The first-order valence-electron chi connectivity index (χ1n) is 6.73. The lowest BCUT2D eigenvalue weighted by Gasteiger charge is -2.33. The molecule has 1 aliphatic heterocycles. The van der Waals surface area contributed by atoms with Crippen LogP contribution in [0.4, 0.5) is 0 Å². The van der Waals surface area contributed by atoms with E-state index in [9.17, 15) is 0 Å². The molecular formula is C15H26Cl2N2. The summed E-state index contributed by atoms with van der Waals surface area (Å²) in [5.41, 5.74) is 2.87. The van der Waals surface area contributed by atoms with Gasteiger partial charge >= 0.3 is 0 Å². The summed E-state index contributed by atoms with van der Waals surface area (Å²) >= 11 is 0. The van der Waals surface area contributed by atoms with Gasteiger partial charge in [0.2, 0.25) is 0 Å². The lowest BCUT2D eigenvalue weighted by molar-refractivity contribution is 0.185. The van der Waals surface area contributed by atoms with Crippen molar-refractivity contribution in [3.05, 3.63) is 35.4 Å². The summed E-state index contributed by atoms with van der Waals surface area (Å²) in [6.45, 7) is 11.4. The first-order chi connectivity index (χ1) is 8.18. The minimum atomic E-state index is 0. The molecule has 1 fully saturated rings. The van der Waals surface area contributed by atoms with Gasteiger partial charge in [0.15, 0.2) is 0 Å². The monoisotopic (exact) mass is 304 g/mol. The molecule has 1 aliphatic rings. The summed E-state index contributed by atoms with van der Waals surface area (Å²) in [5, 5.41) is 3.40. The quantitative estimate of drug-likeness (QED) is 0.917. The van der Waals surface area contributed by atoms with Gasteiger partial charge in [-0.2, -0.15) is 0 Å². The van der Waals surface area contributed by atoms with Gasteiger partial charge in [0.25, 0.3) is 0 Å². The highest BCUT2D eigenvalue weighted by atomic mass is 35.5. The van der Waals surface area contributed by atoms with Gasteiger partial charge in [0, 0.05) is 32.2 Å². The number of nitrogens with one attached hydrogen (secondary N) is 1. The fourth-order valence-corrected chi connectivity index (χ4v) is 2.44. The maximum absolute atomic E-state index is 3.40. The molecule has 110 valence electrons. The summed E-state index contributed by atoms with van der Waals surface area (Å²) in [5.74, 6) is 0.624. The molecular weight excluding hydrogens is 279 g/mol. The lowest BCUT2D eigenvalue weighted by atomic mass is 9.99. The summed E-state index contributed by atoms with van der Waals surface area (Å²) in [4.78, 5) is 2.56. The SMILES string of the molecule is CC(C)c1ccc([C@H](C)N2CCNCC2)cc1.Cl.Cl. The molecule has 0 aliphatic carbocycles. The zero-order valence-corrected chi connectivity index (χ0v) is 13.7. The second-order valence-electron chi connectivity index (χ2n) is 5.28. The summed E-state index contributed by atoms with van der Waals surface area (Å²) in [7, 11) is 0. The Balaban J connectivity index is 0.00000162. The molecule has 1 saturated heterocycles. The van der Waals surface area contributed by atoms with Crippen LogP contribution < -0.4 is 5.32 Å². The highest BCUT2D eigenvalue weighted by Crippen LogP contribution is 2.22. The number of nitrogens with zero attached hydrogens (tertiary/aromatic N) is 1. The lowest BCUT2D eigenvalue weighted by Crippen LogP contribution is -2.44. The average molecular weight is 305 g/mol. The third-order valence-electron chi connectivity index (χ3n) is 3.78. The Kier molecular flexibility index (Phi) is 8.67. The van der Waals surface area contributed by atoms with E-state index >= 15 is 0 Å². The second-order valence-corrected chi connectivity index (χ2v) is 5.28. The predicted molar refractivity (Wildman–Crippen MR) is 87.9 cm³/mol. The Labute approximate surface area is 129 Å². The van der Waals surface area contributed by atoms with Crippen molar-refractivity contribution >= 4 is 24.8 Å². The smallest absolute Gasteiger partial charge is 0.0320 e. The minimum Gasteiger partial charge on any atom is -0.314 e. The first-order valence-corrected chi connectivity index (χ1v) is 6.73. The van der Waals surface area contributed by atoms with Crippen LogP contribution in [-0.4, -0.2) is 31.1 Å². The number of halogens is 2. The molecule has 2 rings (SSSR count). The maximum Gasteiger partial charge on any atom is 0.0320 e. The van der Waals surface area contributed by atoms with Crippen molar-refractivity contribution < 1.29 is 0 Å². The van der Waals surface area contributed by atoms with Gasteiger partial charge in [-0.25, -0.2) is 0 Å². The van der Waals surface area contributed by atoms with E-state index in [1.165, 1.54) is 11.1 Å². The maximum atomic E-state index is 3.40. The van der Waals surface area contributed by atoms with Gasteiger partial charge in [-0.05, 0) is 24.0 Å². The third-order valence-corrected chi connectivity index (χ3v) is 3.78. The van der Waals surface area contributed by atoms with Crippen LogP contribution in [0.15, 0.2) is 24.3 Å². The van der Waals surface area contributed by atoms with Gasteiger partial charge < -0.3 is 5.32 Å². The van der Waals surface area contributed by atoms with Gasteiger partial charge in [0.1, 0.15) is 0 Å². The van der Waals surface area contributed by atoms with E-state index < -0.39 is 0 Å². The fourth-order valence-electron chi connectivity index (χ4n) is 2.44. The van der Waals surface area contributed by atoms with Crippen LogP contribution in [0.25, 0.3) is 0 Å².